The summed E-state index contributed by atoms with van der Waals surface area (Å²) >= 11 is 0. The molecule has 4 nitrogen and oxygen atoms in total. The van der Waals surface area contributed by atoms with Crippen molar-refractivity contribution in [2.24, 2.45) is 5.73 Å². The Bertz CT molecular complexity index is 488. The summed E-state index contributed by atoms with van der Waals surface area (Å²) in [6.45, 7) is -1.71. The summed E-state index contributed by atoms with van der Waals surface area (Å²) in [5.74, 6) is -4.13. The molecule has 0 radical (unpaired) electrons. The number of ether oxygens (including phenoxy) is 1. The van der Waals surface area contributed by atoms with E-state index in [1.54, 1.807) is 0 Å². The average Bonchev–Trinajstić information content (AvgIpc) is 2.43. The molecule has 1 amide bonds. The van der Waals surface area contributed by atoms with Gasteiger partial charge < -0.3 is 15.8 Å². The van der Waals surface area contributed by atoms with E-state index >= 15 is 0 Å². The molecular weight excluding hydrogens is 311 g/mol. The highest BCUT2D eigenvalue weighted by atomic mass is 19.4. The van der Waals surface area contributed by atoms with Gasteiger partial charge in [-0.2, -0.15) is 0 Å². The molecule has 0 atom stereocenters. The Balaban J connectivity index is 2.40. The van der Waals surface area contributed by atoms with Crippen molar-refractivity contribution >= 4 is 5.91 Å². The molecule has 0 aliphatic heterocycles. The van der Waals surface area contributed by atoms with Crippen molar-refractivity contribution in [2.45, 2.75) is 25.1 Å². The summed E-state index contributed by atoms with van der Waals surface area (Å²) in [4.78, 5) is 11.4. The highest BCUT2D eigenvalue weighted by molar-refractivity contribution is 5.76. The first-order valence-electron chi connectivity index (χ1n) is 6.30. The molecule has 0 aromatic heterocycles. The van der Waals surface area contributed by atoms with E-state index in [4.69, 9.17) is 5.73 Å². The van der Waals surface area contributed by atoms with Crippen molar-refractivity contribution in [1.82, 2.24) is 5.32 Å². The number of aryl methyl sites for hydroxylation is 1. The van der Waals surface area contributed by atoms with Crippen LogP contribution in [-0.2, 0) is 11.2 Å². The Hall–Kier alpha value is -1.90. The third kappa shape index (κ3) is 7.21. The largest absolute Gasteiger partial charge is 0.573 e. The number of carbonyl (C=O) groups excluding carboxylic acids is 1. The van der Waals surface area contributed by atoms with Gasteiger partial charge in [0.05, 0.1) is 13.1 Å². The van der Waals surface area contributed by atoms with Crippen molar-refractivity contribution in [3.63, 3.8) is 0 Å². The Kier molecular flexibility index (Phi) is 6.10. The average molecular weight is 326 g/mol. The SMILES string of the molecule is NCC(F)(F)CNC(=O)CCc1ccc(OC(F)(F)F)cc1. The quantitative estimate of drug-likeness (QED) is 0.755. The van der Waals surface area contributed by atoms with Crippen molar-refractivity contribution in [3.8, 4) is 5.75 Å². The van der Waals surface area contributed by atoms with E-state index in [1.807, 2.05) is 5.32 Å². The van der Waals surface area contributed by atoms with Gasteiger partial charge in [0.2, 0.25) is 5.91 Å². The highest BCUT2D eigenvalue weighted by Crippen LogP contribution is 2.23. The number of hydrogen-bond donors (Lipinski definition) is 2. The van der Waals surface area contributed by atoms with Crippen LogP contribution in [0.1, 0.15) is 12.0 Å². The number of benzene rings is 1. The Morgan fingerprint density at radius 2 is 1.73 bits per heavy atom. The Labute approximate surface area is 123 Å². The fraction of sp³-hybridized carbons (Fsp3) is 0.462. The third-order valence-electron chi connectivity index (χ3n) is 2.64. The molecule has 22 heavy (non-hydrogen) atoms. The third-order valence-corrected chi connectivity index (χ3v) is 2.64. The molecule has 1 aromatic rings. The topological polar surface area (TPSA) is 64.3 Å². The van der Waals surface area contributed by atoms with Crippen LogP contribution in [0.15, 0.2) is 24.3 Å². The number of rotatable bonds is 7. The van der Waals surface area contributed by atoms with Crippen molar-refractivity contribution in [2.75, 3.05) is 13.1 Å². The van der Waals surface area contributed by atoms with E-state index in [2.05, 4.69) is 4.74 Å². The summed E-state index contributed by atoms with van der Waals surface area (Å²) in [5, 5.41) is 2.04. The van der Waals surface area contributed by atoms with Crippen LogP contribution in [0, 0.1) is 0 Å². The second kappa shape index (κ2) is 7.39. The molecule has 1 aromatic carbocycles. The van der Waals surface area contributed by atoms with E-state index in [-0.39, 0.29) is 18.6 Å². The zero-order valence-electron chi connectivity index (χ0n) is 11.4. The van der Waals surface area contributed by atoms with E-state index in [0.29, 0.717) is 5.56 Å². The van der Waals surface area contributed by atoms with Crippen LogP contribution in [0.2, 0.25) is 0 Å². The lowest BCUT2D eigenvalue weighted by Crippen LogP contribution is -2.41. The maximum Gasteiger partial charge on any atom is 0.573 e. The molecule has 0 saturated carbocycles. The number of nitrogens with one attached hydrogen (secondary N) is 1. The molecule has 0 spiro atoms. The first-order valence-corrected chi connectivity index (χ1v) is 6.30. The van der Waals surface area contributed by atoms with Crippen LogP contribution in [0.3, 0.4) is 0 Å². The fourth-order valence-corrected chi connectivity index (χ4v) is 1.50. The van der Waals surface area contributed by atoms with Crippen LogP contribution in [0.4, 0.5) is 22.0 Å². The maximum absolute atomic E-state index is 12.8. The normalized spacial score (nSPS) is 12.1. The second-order valence-electron chi connectivity index (χ2n) is 4.53. The number of alkyl halides is 5. The summed E-state index contributed by atoms with van der Waals surface area (Å²) < 4.78 is 65.2. The van der Waals surface area contributed by atoms with Crippen LogP contribution >= 0.6 is 0 Å². The summed E-state index contributed by atoms with van der Waals surface area (Å²) in [5.41, 5.74) is 5.40. The van der Waals surface area contributed by atoms with Crippen molar-refractivity contribution in [3.05, 3.63) is 29.8 Å². The molecule has 0 fully saturated rings. The van der Waals surface area contributed by atoms with Gasteiger partial charge in [-0.1, -0.05) is 12.1 Å². The minimum atomic E-state index is -4.77. The van der Waals surface area contributed by atoms with Crippen molar-refractivity contribution < 1.29 is 31.5 Å². The van der Waals surface area contributed by atoms with Gasteiger partial charge >= 0.3 is 6.36 Å². The molecule has 0 aliphatic carbocycles. The maximum atomic E-state index is 12.8. The van der Waals surface area contributed by atoms with Gasteiger partial charge in [-0.3, -0.25) is 4.79 Å². The van der Waals surface area contributed by atoms with E-state index < -0.39 is 31.3 Å². The fourth-order valence-electron chi connectivity index (χ4n) is 1.50. The molecule has 0 aliphatic rings. The zero-order chi connectivity index (χ0) is 16.8. The van der Waals surface area contributed by atoms with Crippen molar-refractivity contribution in [1.29, 1.82) is 0 Å². The second-order valence-corrected chi connectivity index (χ2v) is 4.53. The van der Waals surface area contributed by atoms with Gasteiger partial charge in [0, 0.05) is 6.42 Å². The molecular formula is C13H15F5N2O2. The lowest BCUT2D eigenvalue weighted by atomic mass is 10.1. The number of nitrogens with two attached hydrogens (primary N) is 1. The summed E-state index contributed by atoms with van der Waals surface area (Å²) in [6, 6.07) is 4.96. The van der Waals surface area contributed by atoms with Gasteiger partial charge in [0.15, 0.2) is 0 Å². The standard InChI is InChI=1S/C13H15F5N2O2/c14-12(15,7-19)8-20-11(21)6-3-9-1-4-10(5-2-9)22-13(16,17)18/h1-2,4-5H,3,6-8,19H2,(H,20,21). The molecule has 0 heterocycles. The van der Waals surface area contributed by atoms with Crippen LogP contribution < -0.4 is 15.8 Å². The summed E-state index contributed by atoms with van der Waals surface area (Å²) in [7, 11) is 0. The van der Waals surface area contributed by atoms with Crippen LogP contribution in [0.5, 0.6) is 5.75 Å². The molecule has 124 valence electrons. The zero-order valence-corrected chi connectivity index (χ0v) is 11.4. The molecule has 0 unspecified atom stereocenters. The Morgan fingerprint density at radius 1 is 1.14 bits per heavy atom. The van der Waals surface area contributed by atoms with Gasteiger partial charge in [0.1, 0.15) is 5.75 Å². The van der Waals surface area contributed by atoms with Gasteiger partial charge in [-0.05, 0) is 24.1 Å². The number of amides is 1. The van der Waals surface area contributed by atoms with E-state index in [0.717, 1.165) is 12.1 Å². The first-order chi connectivity index (χ1) is 10.1. The molecule has 3 N–H and O–H groups in total. The number of halogens is 5. The van der Waals surface area contributed by atoms with Crippen LogP contribution in [-0.4, -0.2) is 31.3 Å². The molecule has 1 rings (SSSR count). The predicted molar refractivity (Wildman–Crippen MR) is 68.5 cm³/mol. The molecule has 9 heteroatoms. The monoisotopic (exact) mass is 326 g/mol. The molecule has 0 bridgehead atoms. The number of hydrogen-bond acceptors (Lipinski definition) is 3. The Morgan fingerprint density at radius 3 is 2.23 bits per heavy atom. The van der Waals surface area contributed by atoms with E-state index in [1.165, 1.54) is 12.1 Å². The summed E-state index contributed by atoms with van der Waals surface area (Å²) in [6.07, 6.45) is -4.64. The van der Waals surface area contributed by atoms with Gasteiger partial charge in [-0.15, -0.1) is 13.2 Å². The lowest BCUT2D eigenvalue weighted by molar-refractivity contribution is -0.274. The minimum absolute atomic E-state index is 0.0693. The number of carbonyl (C=O) groups is 1. The minimum Gasteiger partial charge on any atom is -0.406 e. The van der Waals surface area contributed by atoms with Gasteiger partial charge in [0.25, 0.3) is 5.92 Å². The van der Waals surface area contributed by atoms with Crippen LogP contribution in [0.25, 0.3) is 0 Å². The predicted octanol–water partition coefficient (Wildman–Crippen LogP) is 2.23. The van der Waals surface area contributed by atoms with Gasteiger partial charge in [-0.25, -0.2) is 8.78 Å². The molecule has 0 saturated heterocycles. The lowest BCUT2D eigenvalue weighted by Gasteiger charge is -2.14. The smallest absolute Gasteiger partial charge is 0.406 e. The highest BCUT2D eigenvalue weighted by Gasteiger charge is 2.31. The van der Waals surface area contributed by atoms with E-state index in [9.17, 15) is 26.7 Å². The first kappa shape index (κ1) is 18.1.